The van der Waals surface area contributed by atoms with Gasteiger partial charge in [-0.25, -0.2) is 0 Å². The van der Waals surface area contributed by atoms with Gasteiger partial charge >= 0.3 is 0 Å². The van der Waals surface area contributed by atoms with Crippen LogP contribution in [0.1, 0.15) is 18.2 Å². The van der Waals surface area contributed by atoms with Gasteiger partial charge in [0.15, 0.2) is 10.9 Å². The van der Waals surface area contributed by atoms with Crippen molar-refractivity contribution in [2.75, 3.05) is 0 Å². The van der Waals surface area contributed by atoms with Gasteiger partial charge in [-0.05, 0) is 6.92 Å². The normalized spacial score (nSPS) is 10.2. The molecular formula is C10H13ClN2O3. The zero-order chi connectivity index (χ0) is 12.5. The number of pyridine rings is 1. The van der Waals surface area contributed by atoms with E-state index in [1.165, 1.54) is 11.5 Å². The van der Waals surface area contributed by atoms with Crippen molar-refractivity contribution in [3.8, 4) is 5.75 Å². The summed E-state index contributed by atoms with van der Waals surface area (Å²) >= 11 is 5.75. The number of nitrogens with one attached hydrogen (secondary N) is 1. The summed E-state index contributed by atoms with van der Waals surface area (Å²) < 4.78 is 1.50. The molecule has 0 aromatic carbocycles. The van der Waals surface area contributed by atoms with E-state index in [4.69, 9.17) is 11.6 Å². The second-order valence-electron chi connectivity index (χ2n) is 3.50. The first-order chi connectivity index (χ1) is 7.36. The van der Waals surface area contributed by atoms with E-state index in [1.54, 1.807) is 14.0 Å². The predicted octanol–water partition coefficient (Wildman–Crippen LogP) is 0.689. The molecule has 1 heterocycles. The molecule has 0 aliphatic carbocycles. The number of hydrogen-bond acceptors (Lipinski definition) is 3. The molecule has 16 heavy (non-hydrogen) atoms. The Labute approximate surface area is 97.7 Å². The lowest BCUT2D eigenvalue weighted by Gasteiger charge is -2.13. The summed E-state index contributed by atoms with van der Waals surface area (Å²) in [6.45, 7) is 3.14. The van der Waals surface area contributed by atoms with Crippen molar-refractivity contribution < 1.29 is 9.90 Å². The molecule has 6 heteroatoms. The number of carbonyl (C=O) groups excluding carboxylic acids is 1. The number of amides is 1. The fourth-order valence-corrected chi connectivity index (χ4v) is 1.54. The summed E-state index contributed by atoms with van der Waals surface area (Å²) in [7, 11) is 1.63. The van der Waals surface area contributed by atoms with Crippen molar-refractivity contribution >= 4 is 17.5 Å². The van der Waals surface area contributed by atoms with Crippen molar-refractivity contribution in [2.45, 2.75) is 20.4 Å². The number of rotatable bonds is 2. The van der Waals surface area contributed by atoms with E-state index in [0.717, 1.165) is 0 Å². The van der Waals surface area contributed by atoms with Gasteiger partial charge in [0.25, 0.3) is 0 Å². The van der Waals surface area contributed by atoms with Crippen LogP contribution >= 0.6 is 11.6 Å². The number of halogens is 1. The molecule has 0 radical (unpaired) electrons. The third-order valence-corrected chi connectivity index (χ3v) is 2.87. The number of aromatic hydroxyl groups is 1. The summed E-state index contributed by atoms with van der Waals surface area (Å²) in [6, 6.07) is 0. The van der Waals surface area contributed by atoms with E-state index >= 15 is 0 Å². The highest BCUT2D eigenvalue weighted by Gasteiger charge is 2.15. The lowest BCUT2D eigenvalue weighted by atomic mass is 10.2. The van der Waals surface area contributed by atoms with Crippen LogP contribution in [0.2, 0.25) is 5.15 Å². The number of carbonyl (C=O) groups is 1. The molecule has 5 nitrogen and oxygen atoms in total. The third-order valence-electron chi connectivity index (χ3n) is 2.43. The zero-order valence-electron chi connectivity index (χ0n) is 9.30. The molecule has 88 valence electrons. The molecule has 1 amide bonds. The van der Waals surface area contributed by atoms with Crippen LogP contribution in [0.3, 0.4) is 0 Å². The highest BCUT2D eigenvalue weighted by Crippen LogP contribution is 2.20. The lowest BCUT2D eigenvalue weighted by molar-refractivity contribution is -0.119. The van der Waals surface area contributed by atoms with Gasteiger partial charge in [-0.3, -0.25) is 9.59 Å². The van der Waals surface area contributed by atoms with Gasteiger partial charge in [0.1, 0.15) is 0 Å². The van der Waals surface area contributed by atoms with E-state index in [0.29, 0.717) is 11.3 Å². The van der Waals surface area contributed by atoms with Crippen LogP contribution in [0.4, 0.5) is 0 Å². The molecule has 2 N–H and O–H groups in total. The fraction of sp³-hybridized carbons (Fsp3) is 0.400. The molecule has 0 bridgehead atoms. The van der Waals surface area contributed by atoms with Crippen LogP contribution in [-0.2, 0) is 18.4 Å². The average molecular weight is 245 g/mol. The highest BCUT2D eigenvalue weighted by molar-refractivity contribution is 6.31. The number of nitrogens with zero attached hydrogens (tertiary/aromatic N) is 1. The zero-order valence-corrected chi connectivity index (χ0v) is 10.1. The molecule has 1 aromatic heterocycles. The van der Waals surface area contributed by atoms with Crippen molar-refractivity contribution in [1.29, 1.82) is 0 Å². The SMILES string of the molecule is CC(=O)NCc1c(C)n(C)c(Cl)c(O)c1=O. The Morgan fingerprint density at radius 2 is 2.12 bits per heavy atom. The summed E-state index contributed by atoms with van der Waals surface area (Å²) in [5, 5.41) is 12.0. The Morgan fingerprint density at radius 3 is 2.62 bits per heavy atom. The monoisotopic (exact) mass is 244 g/mol. The van der Waals surface area contributed by atoms with Gasteiger partial charge in [0.2, 0.25) is 11.3 Å². The smallest absolute Gasteiger partial charge is 0.230 e. The van der Waals surface area contributed by atoms with Crippen molar-refractivity contribution in [3.63, 3.8) is 0 Å². The Morgan fingerprint density at radius 1 is 1.56 bits per heavy atom. The highest BCUT2D eigenvalue weighted by atomic mass is 35.5. The van der Waals surface area contributed by atoms with Crippen LogP contribution < -0.4 is 10.7 Å². The maximum absolute atomic E-state index is 11.7. The molecule has 0 spiro atoms. The molecule has 0 aliphatic heterocycles. The number of aromatic nitrogens is 1. The van der Waals surface area contributed by atoms with E-state index in [2.05, 4.69) is 5.32 Å². The van der Waals surface area contributed by atoms with Crippen LogP contribution in [0.5, 0.6) is 5.75 Å². The topological polar surface area (TPSA) is 71.3 Å². The minimum absolute atomic E-state index is 0.00549. The first-order valence-corrected chi connectivity index (χ1v) is 5.05. The maximum Gasteiger partial charge on any atom is 0.230 e. The van der Waals surface area contributed by atoms with E-state index in [-0.39, 0.29) is 17.6 Å². The molecule has 1 aromatic rings. The quantitative estimate of drug-likeness (QED) is 0.752. The third kappa shape index (κ3) is 2.19. The van der Waals surface area contributed by atoms with E-state index < -0.39 is 11.2 Å². The second-order valence-corrected chi connectivity index (χ2v) is 3.86. The molecular weight excluding hydrogens is 232 g/mol. The van der Waals surface area contributed by atoms with Crippen LogP contribution in [-0.4, -0.2) is 15.6 Å². The Kier molecular flexibility index (Phi) is 3.59. The first kappa shape index (κ1) is 12.6. The van der Waals surface area contributed by atoms with Crippen molar-refractivity contribution in [3.05, 3.63) is 26.6 Å². The maximum atomic E-state index is 11.7. The lowest BCUT2D eigenvalue weighted by Crippen LogP contribution is -2.26. The Hall–Kier alpha value is -1.49. The first-order valence-electron chi connectivity index (χ1n) is 4.67. The molecule has 1 rings (SSSR count). The second kappa shape index (κ2) is 4.57. The Bertz CT molecular complexity index is 494. The summed E-state index contributed by atoms with van der Waals surface area (Å²) in [5.74, 6) is -0.731. The van der Waals surface area contributed by atoms with E-state index in [1.807, 2.05) is 0 Å². The van der Waals surface area contributed by atoms with Gasteiger partial charge in [-0.2, -0.15) is 0 Å². The van der Waals surface area contributed by atoms with Gasteiger partial charge in [0.05, 0.1) is 0 Å². The summed E-state index contributed by atoms with van der Waals surface area (Å²) in [4.78, 5) is 22.4. The summed E-state index contributed by atoms with van der Waals surface area (Å²) in [6.07, 6.45) is 0. The minimum atomic E-state index is -0.547. The molecule has 0 atom stereocenters. The molecule has 0 unspecified atom stereocenters. The van der Waals surface area contributed by atoms with Crippen molar-refractivity contribution in [2.24, 2.45) is 7.05 Å². The standard InChI is InChI=1S/C10H13ClN2O3/c1-5-7(4-12-6(2)14)8(15)9(16)10(11)13(5)3/h16H,4H2,1-3H3,(H,12,14). The van der Waals surface area contributed by atoms with E-state index in [9.17, 15) is 14.7 Å². The molecule has 0 saturated heterocycles. The Balaban J connectivity index is 3.29. The minimum Gasteiger partial charge on any atom is -0.502 e. The van der Waals surface area contributed by atoms with Gasteiger partial charge in [-0.15, -0.1) is 0 Å². The van der Waals surface area contributed by atoms with Gasteiger partial charge in [0, 0.05) is 31.8 Å². The predicted molar refractivity (Wildman–Crippen MR) is 60.6 cm³/mol. The molecule has 0 aliphatic rings. The molecule has 0 fully saturated rings. The fourth-order valence-electron chi connectivity index (χ4n) is 1.33. The van der Waals surface area contributed by atoms with Crippen LogP contribution in [0.15, 0.2) is 4.79 Å². The molecule has 0 saturated carbocycles. The largest absolute Gasteiger partial charge is 0.502 e. The van der Waals surface area contributed by atoms with Crippen LogP contribution in [0.25, 0.3) is 0 Å². The van der Waals surface area contributed by atoms with Crippen molar-refractivity contribution in [1.82, 2.24) is 9.88 Å². The summed E-state index contributed by atoms with van der Waals surface area (Å²) in [5.41, 5.74) is 0.399. The van der Waals surface area contributed by atoms with Gasteiger partial charge < -0.3 is 15.0 Å². The van der Waals surface area contributed by atoms with Gasteiger partial charge in [-0.1, -0.05) is 11.6 Å². The average Bonchev–Trinajstić information content (AvgIpc) is 2.23. The van der Waals surface area contributed by atoms with Crippen LogP contribution in [0, 0.1) is 6.92 Å². The number of hydrogen-bond donors (Lipinski definition) is 2.